The molecule has 1 nitrogen and oxygen atoms in total. The number of hydrogen-bond donors (Lipinski definition) is 1. The monoisotopic (exact) mass is 227 g/mol. The van der Waals surface area contributed by atoms with Crippen molar-refractivity contribution in [1.29, 1.82) is 0 Å². The quantitative estimate of drug-likeness (QED) is 0.741. The molecule has 1 heteroatoms. The second-order valence-electron chi connectivity index (χ2n) is 4.49. The summed E-state index contributed by atoms with van der Waals surface area (Å²) in [6, 6.07) is 15.2. The maximum Gasteiger partial charge on any atom is -0.000813 e. The average Bonchev–Trinajstić information content (AvgIpc) is 2.39. The van der Waals surface area contributed by atoms with E-state index in [1.165, 1.54) is 29.2 Å². The third-order valence-electron chi connectivity index (χ3n) is 3.16. The zero-order valence-electron chi connectivity index (χ0n) is 10.6. The molecule has 0 heterocycles. The lowest BCUT2D eigenvalue weighted by Crippen LogP contribution is -2.18. The SMILES string of the molecule is CCCCNCCc1cccc2ccccc12. The predicted octanol–water partition coefficient (Wildman–Crippen LogP) is 3.77. The standard InChI is InChI=1S/C16H21N/c1-2-3-12-17-13-11-15-9-6-8-14-7-4-5-10-16(14)15/h4-10,17H,2-3,11-13H2,1H3. The lowest BCUT2D eigenvalue weighted by molar-refractivity contribution is 0.641. The van der Waals surface area contributed by atoms with Crippen LogP contribution in [0.2, 0.25) is 0 Å². The van der Waals surface area contributed by atoms with Gasteiger partial charge < -0.3 is 5.32 Å². The van der Waals surface area contributed by atoms with Crippen LogP contribution in [-0.2, 0) is 6.42 Å². The Kier molecular flexibility index (Phi) is 4.57. The van der Waals surface area contributed by atoms with Gasteiger partial charge in [-0.05, 0) is 42.3 Å². The van der Waals surface area contributed by atoms with Crippen molar-refractivity contribution >= 4 is 10.8 Å². The predicted molar refractivity (Wildman–Crippen MR) is 75.4 cm³/mol. The Hall–Kier alpha value is -1.34. The maximum absolute atomic E-state index is 3.50. The minimum Gasteiger partial charge on any atom is -0.316 e. The van der Waals surface area contributed by atoms with E-state index in [2.05, 4.69) is 54.7 Å². The fraction of sp³-hybridized carbons (Fsp3) is 0.375. The molecule has 0 fully saturated rings. The maximum atomic E-state index is 3.50. The van der Waals surface area contributed by atoms with Crippen LogP contribution in [0.5, 0.6) is 0 Å². The first kappa shape index (κ1) is 12.1. The second kappa shape index (κ2) is 6.41. The highest BCUT2D eigenvalue weighted by atomic mass is 14.8. The van der Waals surface area contributed by atoms with Gasteiger partial charge in [-0.3, -0.25) is 0 Å². The molecule has 0 radical (unpaired) electrons. The third-order valence-corrected chi connectivity index (χ3v) is 3.16. The van der Waals surface area contributed by atoms with Gasteiger partial charge in [-0.25, -0.2) is 0 Å². The molecule has 0 aliphatic rings. The van der Waals surface area contributed by atoms with Crippen LogP contribution < -0.4 is 5.32 Å². The van der Waals surface area contributed by atoms with E-state index in [1.807, 2.05) is 0 Å². The highest BCUT2D eigenvalue weighted by Crippen LogP contribution is 2.18. The zero-order chi connectivity index (χ0) is 11.9. The van der Waals surface area contributed by atoms with Crippen molar-refractivity contribution < 1.29 is 0 Å². The fourth-order valence-corrected chi connectivity index (χ4v) is 2.16. The van der Waals surface area contributed by atoms with E-state index in [-0.39, 0.29) is 0 Å². The molecule has 0 spiro atoms. The summed E-state index contributed by atoms with van der Waals surface area (Å²) < 4.78 is 0. The highest BCUT2D eigenvalue weighted by molar-refractivity contribution is 5.85. The van der Waals surface area contributed by atoms with Gasteiger partial charge in [-0.15, -0.1) is 0 Å². The largest absolute Gasteiger partial charge is 0.316 e. The molecule has 0 aromatic heterocycles. The third kappa shape index (κ3) is 3.31. The summed E-state index contributed by atoms with van der Waals surface area (Å²) in [5, 5.41) is 6.24. The van der Waals surface area contributed by atoms with Crippen LogP contribution in [0.25, 0.3) is 10.8 Å². The van der Waals surface area contributed by atoms with Gasteiger partial charge in [0, 0.05) is 0 Å². The molecule has 1 N–H and O–H groups in total. The summed E-state index contributed by atoms with van der Waals surface area (Å²) in [4.78, 5) is 0. The van der Waals surface area contributed by atoms with Crippen molar-refractivity contribution in [2.45, 2.75) is 26.2 Å². The van der Waals surface area contributed by atoms with Gasteiger partial charge in [0.05, 0.1) is 0 Å². The Morgan fingerprint density at radius 1 is 0.941 bits per heavy atom. The lowest BCUT2D eigenvalue weighted by Gasteiger charge is -2.07. The molecular weight excluding hydrogens is 206 g/mol. The van der Waals surface area contributed by atoms with Crippen LogP contribution in [0, 0.1) is 0 Å². The fourth-order valence-electron chi connectivity index (χ4n) is 2.16. The highest BCUT2D eigenvalue weighted by Gasteiger charge is 1.99. The molecule has 0 bridgehead atoms. The van der Waals surface area contributed by atoms with Crippen LogP contribution in [-0.4, -0.2) is 13.1 Å². The van der Waals surface area contributed by atoms with Crippen LogP contribution >= 0.6 is 0 Å². The zero-order valence-corrected chi connectivity index (χ0v) is 10.6. The Labute approximate surface area is 104 Å². The van der Waals surface area contributed by atoms with Crippen LogP contribution in [0.4, 0.5) is 0 Å². The van der Waals surface area contributed by atoms with E-state index in [4.69, 9.17) is 0 Å². The molecule has 2 aromatic rings. The summed E-state index contributed by atoms with van der Waals surface area (Å²) in [6.07, 6.45) is 3.65. The second-order valence-corrected chi connectivity index (χ2v) is 4.49. The number of unbranched alkanes of at least 4 members (excludes halogenated alkanes) is 1. The number of rotatable bonds is 6. The molecule has 0 saturated carbocycles. The van der Waals surface area contributed by atoms with E-state index in [0.717, 1.165) is 19.5 Å². The molecule has 2 rings (SSSR count). The molecule has 17 heavy (non-hydrogen) atoms. The van der Waals surface area contributed by atoms with Crippen molar-refractivity contribution in [3.63, 3.8) is 0 Å². The van der Waals surface area contributed by atoms with Crippen molar-refractivity contribution in [3.05, 3.63) is 48.0 Å². The first-order chi connectivity index (χ1) is 8.42. The summed E-state index contributed by atoms with van der Waals surface area (Å²) >= 11 is 0. The van der Waals surface area contributed by atoms with E-state index >= 15 is 0 Å². The Morgan fingerprint density at radius 2 is 1.76 bits per heavy atom. The minimum atomic E-state index is 1.08. The van der Waals surface area contributed by atoms with Gasteiger partial charge in [-0.2, -0.15) is 0 Å². The number of nitrogens with one attached hydrogen (secondary N) is 1. The van der Waals surface area contributed by atoms with E-state index in [9.17, 15) is 0 Å². The first-order valence-electron chi connectivity index (χ1n) is 6.59. The van der Waals surface area contributed by atoms with Gasteiger partial charge in [0.1, 0.15) is 0 Å². The van der Waals surface area contributed by atoms with Gasteiger partial charge in [0.2, 0.25) is 0 Å². The summed E-state index contributed by atoms with van der Waals surface area (Å²) in [6.45, 7) is 4.45. The molecule has 0 unspecified atom stereocenters. The molecule has 0 aliphatic heterocycles. The molecule has 0 aliphatic carbocycles. The van der Waals surface area contributed by atoms with E-state index in [0.29, 0.717) is 0 Å². The van der Waals surface area contributed by atoms with Crippen LogP contribution in [0.1, 0.15) is 25.3 Å². The van der Waals surface area contributed by atoms with Crippen LogP contribution in [0.3, 0.4) is 0 Å². The molecule has 0 saturated heterocycles. The average molecular weight is 227 g/mol. The molecule has 90 valence electrons. The number of fused-ring (bicyclic) bond motifs is 1. The minimum absolute atomic E-state index is 1.08. The van der Waals surface area contributed by atoms with Gasteiger partial charge in [0.15, 0.2) is 0 Å². The smallest absolute Gasteiger partial charge is 0.000813 e. The molecule has 0 amide bonds. The Balaban J connectivity index is 1.98. The molecule has 0 atom stereocenters. The first-order valence-corrected chi connectivity index (χ1v) is 6.59. The summed E-state index contributed by atoms with van der Waals surface area (Å²) in [5.41, 5.74) is 1.45. The van der Waals surface area contributed by atoms with Crippen molar-refractivity contribution in [2.75, 3.05) is 13.1 Å². The van der Waals surface area contributed by atoms with E-state index in [1.54, 1.807) is 0 Å². The van der Waals surface area contributed by atoms with Crippen molar-refractivity contribution in [1.82, 2.24) is 5.32 Å². The lowest BCUT2D eigenvalue weighted by atomic mass is 10.0. The summed E-state index contributed by atoms with van der Waals surface area (Å²) in [7, 11) is 0. The van der Waals surface area contributed by atoms with E-state index < -0.39 is 0 Å². The number of hydrogen-bond acceptors (Lipinski definition) is 1. The van der Waals surface area contributed by atoms with Crippen LogP contribution in [0.15, 0.2) is 42.5 Å². The van der Waals surface area contributed by atoms with Crippen molar-refractivity contribution in [2.24, 2.45) is 0 Å². The van der Waals surface area contributed by atoms with Gasteiger partial charge in [0.25, 0.3) is 0 Å². The number of benzene rings is 2. The molecular formula is C16H21N. The Morgan fingerprint density at radius 3 is 2.65 bits per heavy atom. The van der Waals surface area contributed by atoms with Gasteiger partial charge >= 0.3 is 0 Å². The van der Waals surface area contributed by atoms with Crippen molar-refractivity contribution in [3.8, 4) is 0 Å². The summed E-state index contributed by atoms with van der Waals surface area (Å²) in [5.74, 6) is 0. The normalized spacial score (nSPS) is 10.9. The molecule has 2 aromatic carbocycles. The topological polar surface area (TPSA) is 12.0 Å². The Bertz CT molecular complexity index is 457. The van der Waals surface area contributed by atoms with Gasteiger partial charge in [-0.1, -0.05) is 55.8 Å².